The Bertz CT molecular complexity index is 403. The maximum atomic E-state index is 9.20. The molecule has 0 radical (unpaired) electrons. The molecule has 4 heteroatoms. The quantitative estimate of drug-likeness (QED) is 0.515. The molecule has 4 N–H and O–H groups in total. The number of aliphatic hydroxyl groups excluding tert-OH is 1. The van der Waals surface area contributed by atoms with Gasteiger partial charge in [0, 0.05) is 19.1 Å². The van der Waals surface area contributed by atoms with Crippen molar-refractivity contribution in [2.75, 3.05) is 19.7 Å². The second-order valence-corrected chi connectivity index (χ2v) is 5.22. The third-order valence-corrected chi connectivity index (χ3v) is 3.97. The molecule has 0 heterocycles. The third-order valence-electron chi connectivity index (χ3n) is 3.97. The number of hydrogen-bond donors (Lipinski definition) is 3. The van der Waals surface area contributed by atoms with Crippen molar-refractivity contribution in [1.82, 2.24) is 4.90 Å². The minimum Gasteiger partial charge on any atom is -0.395 e. The lowest BCUT2D eigenvalue weighted by Gasteiger charge is -2.39. The maximum Gasteiger partial charge on any atom is 0.0995 e. The molecule has 0 saturated heterocycles. The molecule has 1 fully saturated rings. The van der Waals surface area contributed by atoms with Gasteiger partial charge in [-0.3, -0.25) is 10.3 Å². The second kappa shape index (κ2) is 6.68. The number of rotatable bonds is 7. The van der Waals surface area contributed by atoms with E-state index >= 15 is 0 Å². The standard InChI is InChI=1S/C15H23N3O/c16-15(17)14(12-5-2-1-3-6-12)11-18(9-10-19)13-7-4-8-13/h1-3,5-6,13-14,19H,4,7-11H2,(H3,16,17). The Kier molecular flexibility index (Phi) is 4.93. The Balaban J connectivity index is 2.08. The fraction of sp³-hybridized carbons (Fsp3) is 0.533. The number of nitrogens with zero attached hydrogens (tertiary/aromatic N) is 1. The normalized spacial score (nSPS) is 17.2. The van der Waals surface area contributed by atoms with Crippen LogP contribution in [0, 0.1) is 5.41 Å². The van der Waals surface area contributed by atoms with Gasteiger partial charge in [-0.25, -0.2) is 0 Å². The highest BCUT2D eigenvalue weighted by Gasteiger charge is 2.28. The van der Waals surface area contributed by atoms with Crippen molar-refractivity contribution < 1.29 is 5.11 Å². The lowest BCUT2D eigenvalue weighted by molar-refractivity contribution is 0.100. The second-order valence-electron chi connectivity index (χ2n) is 5.22. The Labute approximate surface area is 114 Å². The maximum absolute atomic E-state index is 9.20. The van der Waals surface area contributed by atoms with E-state index in [2.05, 4.69) is 4.90 Å². The number of nitrogens with one attached hydrogen (secondary N) is 1. The van der Waals surface area contributed by atoms with Crippen molar-refractivity contribution in [3.63, 3.8) is 0 Å². The summed E-state index contributed by atoms with van der Waals surface area (Å²) in [7, 11) is 0. The van der Waals surface area contributed by atoms with Crippen LogP contribution in [0.25, 0.3) is 0 Å². The zero-order valence-corrected chi connectivity index (χ0v) is 11.3. The number of hydrogen-bond acceptors (Lipinski definition) is 3. The van der Waals surface area contributed by atoms with Crippen molar-refractivity contribution in [3.8, 4) is 0 Å². The van der Waals surface area contributed by atoms with Crippen molar-refractivity contribution in [1.29, 1.82) is 5.41 Å². The third kappa shape index (κ3) is 3.55. The van der Waals surface area contributed by atoms with Gasteiger partial charge in [0.05, 0.1) is 18.4 Å². The molecule has 0 aromatic heterocycles. The number of aliphatic hydroxyl groups is 1. The van der Waals surface area contributed by atoms with E-state index < -0.39 is 0 Å². The summed E-state index contributed by atoms with van der Waals surface area (Å²) in [5, 5.41) is 17.0. The Hall–Kier alpha value is -1.39. The van der Waals surface area contributed by atoms with Crippen LogP contribution in [0.5, 0.6) is 0 Å². The summed E-state index contributed by atoms with van der Waals surface area (Å²) < 4.78 is 0. The van der Waals surface area contributed by atoms with E-state index in [0.717, 1.165) is 12.1 Å². The topological polar surface area (TPSA) is 73.3 Å². The molecule has 0 spiro atoms. The van der Waals surface area contributed by atoms with Gasteiger partial charge in [-0.05, 0) is 18.4 Å². The fourth-order valence-corrected chi connectivity index (χ4v) is 2.61. The first-order chi connectivity index (χ1) is 9.22. The lowest BCUT2D eigenvalue weighted by Crippen LogP contribution is -2.45. The number of benzene rings is 1. The minimum atomic E-state index is -0.0756. The van der Waals surface area contributed by atoms with Crippen molar-refractivity contribution >= 4 is 5.84 Å². The van der Waals surface area contributed by atoms with Gasteiger partial charge >= 0.3 is 0 Å². The largest absolute Gasteiger partial charge is 0.395 e. The molecule has 1 aromatic rings. The highest BCUT2D eigenvalue weighted by molar-refractivity contribution is 5.84. The molecule has 0 amide bonds. The van der Waals surface area contributed by atoms with Crippen molar-refractivity contribution in [2.24, 2.45) is 5.73 Å². The molecule has 1 atom stereocenters. The fourth-order valence-electron chi connectivity index (χ4n) is 2.61. The monoisotopic (exact) mass is 261 g/mol. The van der Waals surface area contributed by atoms with E-state index in [1.807, 2.05) is 30.3 Å². The van der Waals surface area contributed by atoms with Crippen LogP contribution in [0.3, 0.4) is 0 Å². The highest BCUT2D eigenvalue weighted by Crippen LogP contribution is 2.27. The predicted octanol–water partition coefficient (Wildman–Crippen LogP) is 1.55. The number of nitrogens with two attached hydrogens (primary N) is 1. The predicted molar refractivity (Wildman–Crippen MR) is 77.4 cm³/mol. The highest BCUT2D eigenvalue weighted by atomic mass is 16.3. The van der Waals surface area contributed by atoms with Gasteiger partial charge in [0.1, 0.15) is 0 Å². The van der Waals surface area contributed by atoms with E-state index in [9.17, 15) is 5.11 Å². The van der Waals surface area contributed by atoms with Crippen molar-refractivity contribution in [2.45, 2.75) is 31.2 Å². The summed E-state index contributed by atoms with van der Waals surface area (Å²) in [5.74, 6) is 0.127. The first kappa shape index (κ1) is 14.0. The molecule has 19 heavy (non-hydrogen) atoms. The van der Waals surface area contributed by atoms with E-state index in [-0.39, 0.29) is 18.4 Å². The zero-order valence-electron chi connectivity index (χ0n) is 11.3. The van der Waals surface area contributed by atoms with E-state index in [1.165, 1.54) is 19.3 Å². The van der Waals surface area contributed by atoms with Crippen LogP contribution in [-0.4, -0.2) is 41.6 Å². The van der Waals surface area contributed by atoms with Gasteiger partial charge in [0.15, 0.2) is 0 Å². The SMILES string of the molecule is N=C(N)C(CN(CCO)C1CCC1)c1ccccc1. The van der Waals surface area contributed by atoms with Gasteiger partial charge < -0.3 is 10.8 Å². The summed E-state index contributed by atoms with van der Waals surface area (Å²) in [6.07, 6.45) is 3.65. The summed E-state index contributed by atoms with van der Waals surface area (Å²) >= 11 is 0. The molecule has 0 aliphatic heterocycles. The van der Waals surface area contributed by atoms with E-state index in [1.54, 1.807) is 0 Å². The van der Waals surface area contributed by atoms with Crippen molar-refractivity contribution in [3.05, 3.63) is 35.9 Å². The molecule has 4 nitrogen and oxygen atoms in total. The molecule has 0 bridgehead atoms. The summed E-state index contributed by atoms with van der Waals surface area (Å²) in [6, 6.07) is 10.5. The first-order valence-corrected chi connectivity index (χ1v) is 6.96. The molecule has 1 unspecified atom stereocenters. The molecule has 104 valence electrons. The lowest BCUT2D eigenvalue weighted by atomic mass is 9.89. The van der Waals surface area contributed by atoms with E-state index in [0.29, 0.717) is 12.6 Å². The molecule has 1 saturated carbocycles. The summed E-state index contributed by atoms with van der Waals surface area (Å²) in [5.41, 5.74) is 6.85. The van der Waals surface area contributed by atoms with Crippen LogP contribution in [0.4, 0.5) is 0 Å². The van der Waals surface area contributed by atoms with Crippen LogP contribution in [-0.2, 0) is 0 Å². The first-order valence-electron chi connectivity index (χ1n) is 6.96. The van der Waals surface area contributed by atoms with Gasteiger partial charge in [-0.2, -0.15) is 0 Å². The van der Waals surface area contributed by atoms with Crippen LogP contribution in [0.1, 0.15) is 30.7 Å². The zero-order chi connectivity index (χ0) is 13.7. The molecular formula is C15H23N3O. The van der Waals surface area contributed by atoms with Crippen LogP contribution < -0.4 is 5.73 Å². The van der Waals surface area contributed by atoms with E-state index in [4.69, 9.17) is 11.1 Å². The van der Waals surface area contributed by atoms with Gasteiger partial charge in [0.2, 0.25) is 0 Å². The van der Waals surface area contributed by atoms with Gasteiger partial charge in [0.25, 0.3) is 0 Å². The molecule has 1 aliphatic carbocycles. The Morgan fingerprint density at radius 3 is 2.53 bits per heavy atom. The molecular weight excluding hydrogens is 238 g/mol. The molecule has 1 aromatic carbocycles. The Morgan fingerprint density at radius 1 is 1.37 bits per heavy atom. The molecule has 1 aliphatic rings. The smallest absolute Gasteiger partial charge is 0.0995 e. The Morgan fingerprint density at radius 2 is 2.05 bits per heavy atom. The average molecular weight is 261 g/mol. The molecule has 2 rings (SSSR count). The number of amidine groups is 1. The summed E-state index contributed by atoms with van der Waals surface area (Å²) in [4.78, 5) is 2.28. The van der Waals surface area contributed by atoms with Crippen LogP contribution in [0.2, 0.25) is 0 Å². The van der Waals surface area contributed by atoms with Gasteiger partial charge in [-0.1, -0.05) is 36.8 Å². The van der Waals surface area contributed by atoms with Gasteiger partial charge in [-0.15, -0.1) is 0 Å². The minimum absolute atomic E-state index is 0.0756. The van der Waals surface area contributed by atoms with Crippen LogP contribution >= 0.6 is 0 Å². The summed E-state index contributed by atoms with van der Waals surface area (Å²) in [6.45, 7) is 1.56. The average Bonchev–Trinajstić information content (AvgIpc) is 2.34. The van der Waals surface area contributed by atoms with Crippen LogP contribution in [0.15, 0.2) is 30.3 Å².